The van der Waals surface area contributed by atoms with E-state index in [9.17, 15) is 14.7 Å². The van der Waals surface area contributed by atoms with Gasteiger partial charge in [-0.2, -0.15) is 0 Å². The van der Waals surface area contributed by atoms with E-state index in [-0.39, 0.29) is 23.9 Å². The van der Waals surface area contributed by atoms with E-state index in [2.05, 4.69) is 10.3 Å². The summed E-state index contributed by atoms with van der Waals surface area (Å²) in [5.74, 6) is -2.17. The Hall–Kier alpha value is -2.11. The van der Waals surface area contributed by atoms with Crippen molar-refractivity contribution in [1.82, 2.24) is 10.3 Å². The highest BCUT2D eigenvalue weighted by atomic mass is 16.4. The van der Waals surface area contributed by atoms with Gasteiger partial charge in [-0.05, 0) is 24.5 Å². The lowest BCUT2D eigenvalue weighted by atomic mass is 9.97. The van der Waals surface area contributed by atoms with Gasteiger partial charge in [0.25, 0.3) is 5.91 Å². The fraction of sp³-hybridized carbons (Fsp3) is 0.462. The van der Waals surface area contributed by atoms with Crippen LogP contribution in [0.2, 0.25) is 0 Å². The third-order valence-corrected chi connectivity index (χ3v) is 2.62. The van der Waals surface area contributed by atoms with Gasteiger partial charge in [-0.1, -0.05) is 13.8 Å². The van der Waals surface area contributed by atoms with E-state index >= 15 is 0 Å². The lowest BCUT2D eigenvalue weighted by Crippen LogP contribution is -2.34. The molecule has 0 saturated carbocycles. The number of carbonyl (C=O) groups is 2. The van der Waals surface area contributed by atoms with Crippen LogP contribution in [0.15, 0.2) is 18.3 Å². The van der Waals surface area contributed by atoms with E-state index < -0.39 is 17.8 Å². The summed E-state index contributed by atoms with van der Waals surface area (Å²) in [4.78, 5) is 26.5. The van der Waals surface area contributed by atoms with Crippen LogP contribution in [0.25, 0.3) is 0 Å². The molecule has 1 aromatic heterocycles. The van der Waals surface area contributed by atoms with Gasteiger partial charge in [-0.15, -0.1) is 0 Å². The summed E-state index contributed by atoms with van der Waals surface area (Å²) in [6.07, 6.45) is 1.86. The standard InChI is InChI=1S/C13H18N2O4/c1-8(2)6-9(13(18)19)7-15-12(17)11-10(16)4-3-5-14-11/h3-5,8-9,16H,6-7H2,1-2H3,(H,15,17)(H,18,19). The summed E-state index contributed by atoms with van der Waals surface area (Å²) in [5.41, 5.74) is -0.101. The second-order valence-electron chi connectivity index (χ2n) is 4.75. The number of hydrogen-bond acceptors (Lipinski definition) is 4. The van der Waals surface area contributed by atoms with Gasteiger partial charge in [0.2, 0.25) is 0 Å². The number of amides is 1. The molecule has 0 aliphatic rings. The van der Waals surface area contributed by atoms with E-state index in [0.717, 1.165) is 0 Å². The predicted octanol–water partition coefficient (Wildman–Crippen LogP) is 1.26. The van der Waals surface area contributed by atoms with Crippen LogP contribution < -0.4 is 5.32 Å². The van der Waals surface area contributed by atoms with Crippen molar-refractivity contribution >= 4 is 11.9 Å². The molecule has 0 aliphatic heterocycles. The molecule has 6 heteroatoms. The Morgan fingerprint density at radius 3 is 2.63 bits per heavy atom. The summed E-state index contributed by atoms with van der Waals surface area (Å²) in [6.45, 7) is 3.85. The van der Waals surface area contributed by atoms with Crippen molar-refractivity contribution in [2.45, 2.75) is 20.3 Å². The first-order valence-electron chi connectivity index (χ1n) is 6.06. The number of aromatic hydroxyl groups is 1. The van der Waals surface area contributed by atoms with Gasteiger partial charge >= 0.3 is 5.97 Å². The Morgan fingerprint density at radius 1 is 1.42 bits per heavy atom. The van der Waals surface area contributed by atoms with Crippen LogP contribution >= 0.6 is 0 Å². The van der Waals surface area contributed by atoms with Crippen molar-refractivity contribution in [3.8, 4) is 5.75 Å². The third-order valence-electron chi connectivity index (χ3n) is 2.62. The average Bonchev–Trinajstić information content (AvgIpc) is 2.34. The Kier molecular flexibility index (Phi) is 5.29. The average molecular weight is 266 g/mol. The van der Waals surface area contributed by atoms with Crippen LogP contribution in [0.3, 0.4) is 0 Å². The molecule has 19 heavy (non-hydrogen) atoms. The molecule has 0 spiro atoms. The molecule has 1 atom stereocenters. The lowest BCUT2D eigenvalue weighted by molar-refractivity contribution is -0.142. The Bertz CT molecular complexity index is 460. The van der Waals surface area contributed by atoms with Crippen molar-refractivity contribution in [1.29, 1.82) is 0 Å². The monoisotopic (exact) mass is 266 g/mol. The van der Waals surface area contributed by atoms with Gasteiger partial charge < -0.3 is 15.5 Å². The van der Waals surface area contributed by atoms with Crippen LogP contribution in [0.1, 0.15) is 30.8 Å². The Balaban J connectivity index is 2.62. The number of aliphatic carboxylic acids is 1. The number of aromatic nitrogens is 1. The maximum Gasteiger partial charge on any atom is 0.308 e. The topological polar surface area (TPSA) is 99.5 Å². The number of rotatable bonds is 6. The Labute approximate surface area is 111 Å². The van der Waals surface area contributed by atoms with Crippen molar-refractivity contribution in [2.24, 2.45) is 11.8 Å². The molecular weight excluding hydrogens is 248 g/mol. The van der Waals surface area contributed by atoms with Gasteiger partial charge in [-0.3, -0.25) is 9.59 Å². The van der Waals surface area contributed by atoms with E-state index in [1.807, 2.05) is 13.8 Å². The van der Waals surface area contributed by atoms with E-state index in [4.69, 9.17) is 5.11 Å². The quantitative estimate of drug-likeness (QED) is 0.720. The molecular formula is C13H18N2O4. The second kappa shape index (κ2) is 6.72. The summed E-state index contributed by atoms with van der Waals surface area (Å²) >= 11 is 0. The minimum atomic E-state index is -0.945. The number of hydrogen-bond donors (Lipinski definition) is 3. The molecule has 0 bridgehead atoms. The molecule has 1 unspecified atom stereocenters. The minimum Gasteiger partial charge on any atom is -0.505 e. The van der Waals surface area contributed by atoms with Gasteiger partial charge in [0.05, 0.1) is 5.92 Å². The van der Waals surface area contributed by atoms with Crippen molar-refractivity contribution in [3.05, 3.63) is 24.0 Å². The number of pyridine rings is 1. The van der Waals surface area contributed by atoms with Crippen LogP contribution in [0, 0.1) is 11.8 Å². The molecule has 1 aromatic rings. The van der Waals surface area contributed by atoms with E-state index in [1.165, 1.54) is 18.3 Å². The largest absolute Gasteiger partial charge is 0.505 e. The van der Waals surface area contributed by atoms with Crippen LogP contribution in [-0.2, 0) is 4.79 Å². The molecule has 104 valence electrons. The normalized spacial score (nSPS) is 12.2. The first-order chi connectivity index (χ1) is 8.91. The van der Waals surface area contributed by atoms with E-state index in [1.54, 1.807) is 0 Å². The molecule has 1 amide bonds. The predicted molar refractivity (Wildman–Crippen MR) is 68.8 cm³/mol. The lowest BCUT2D eigenvalue weighted by Gasteiger charge is -2.15. The third kappa shape index (κ3) is 4.57. The highest BCUT2D eigenvalue weighted by molar-refractivity contribution is 5.94. The first kappa shape index (κ1) is 14.9. The molecule has 0 aliphatic carbocycles. The van der Waals surface area contributed by atoms with Crippen LogP contribution in [-0.4, -0.2) is 33.6 Å². The zero-order valence-electron chi connectivity index (χ0n) is 11.0. The summed E-state index contributed by atoms with van der Waals surface area (Å²) in [6, 6.07) is 2.86. The highest BCUT2D eigenvalue weighted by Gasteiger charge is 2.21. The highest BCUT2D eigenvalue weighted by Crippen LogP contribution is 2.14. The first-order valence-corrected chi connectivity index (χ1v) is 6.06. The smallest absolute Gasteiger partial charge is 0.308 e. The number of carboxylic acid groups (broad SMARTS) is 1. The number of nitrogens with zero attached hydrogens (tertiary/aromatic N) is 1. The summed E-state index contributed by atoms with van der Waals surface area (Å²) in [5, 5.41) is 21.0. The van der Waals surface area contributed by atoms with E-state index in [0.29, 0.717) is 6.42 Å². The zero-order valence-corrected chi connectivity index (χ0v) is 11.0. The van der Waals surface area contributed by atoms with Crippen molar-refractivity contribution < 1.29 is 19.8 Å². The molecule has 0 saturated heterocycles. The van der Waals surface area contributed by atoms with Crippen LogP contribution in [0.5, 0.6) is 5.75 Å². The fourth-order valence-corrected chi connectivity index (χ4v) is 1.71. The van der Waals surface area contributed by atoms with Gasteiger partial charge in [-0.25, -0.2) is 4.98 Å². The summed E-state index contributed by atoms with van der Waals surface area (Å²) in [7, 11) is 0. The number of nitrogens with one attached hydrogen (secondary N) is 1. The second-order valence-corrected chi connectivity index (χ2v) is 4.75. The zero-order chi connectivity index (χ0) is 14.4. The number of carboxylic acids is 1. The SMILES string of the molecule is CC(C)CC(CNC(=O)c1ncccc1O)C(=O)O. The molecule has 1 heterocycles. The van der Waals surface area contributed by atoms with Crippen LogP contribution in [0.4, 0.5) is 0 Å². The molecule has 6 nitrogen and oxygen atoms in total. The maximum absolute atomic E-state index is 11.8. The van der Waals surface area contributed by atoms with Crippen molar-refractivity contribution in [2.75, 3.05) is 6.54 Å². The van der Waals surface area contributed by atoms with Gasteiger partial charge in [0.15, 0.2) is 5.69 Å². The minimum absolute atomic E-state index is 0.0162. The summed E-state index contributed by atoms with van der Waals surface area (Å²) < 4.78 is 0. The molecule has 0 radical (unpaired) electrons. The van der Waals surface area contributed by atoms with Gasteiger partial charge in [0.1, 0.15) is 5.75 Å². The Morgan fingerprint density at radius 2 is 2.11 bits per heavy atom. The molecule has 3 N–H and O–H groups in total. The maximum atomic E-state index is 11.8. The molecule has 0 fully saturated rings. The fourth-order valence-electron chi connectivity index (χ4n) is 1.71. The number of carbonyl (C=O) groups excluding carboxylic acids is 1. The van der Waals surface area contributed by atoms with Gasteiger partial charge in [0, 0.05) is 12.7 Å². The molecule has 0 aromatic carbocycles. The molecule has 1 rings (SSSR count). The van der Waals surface area contributed by atoms with Crippen molar-refractivity contribution in [3.63, 3.8) is 0 Å².